The van der Waals surface area contributed by atoms with E-state index >= 15 is 0 Å². The van der Waals surface area contributed by atoms with Crippen LogP contribution in [0.1, 0.15) is 49.5 Å². The molecular formula is C22H35IN6O2. The van der Waals surface area contributed by atoms with Crippen LogP contribution in [-0.2, 0) is 30.8 Å². The normalized spacial score (nSPS) is 13.3. The van der Waals surface area contributed by atoms with Crippen molar-refractivity contribution in [1.29, 1.82) is 0 Å². The highest BCUT2D eigenvalue weighted by Gasteiger charge is 2.15. The number of nitrogens with zero attached hydrogens (tertiary/aromatic N) is 4. The SMILES string of the molecule is CCNC(=NCc1ccc(C)cc1OCCOCC)NCc1nnc2n1CCCC2.I. The zero-order valence-electron chi connectivity index (χ0n) is 18.8. The highest BCUT2D eigenvalue weighted by atomic mass is 127. The molecule has 1 aromatic heterocycles. The van der Waals surface area contributed by atoms with Crippen molar-refractivity contribution >= 4 is 29.9 Å². The van der Waals surface area contributed by atoms with E-state index in [1.54, 1.807) is 0 Å². The fourth-order valence-corrected chi connectivity index (χ4v) is 3.45. The molecule has 0 radical (unpaired) electrons. The summed E-state index contributed by atoms with van der Waals surface area (Å²) >= 11 is 0. The first-order valence-electron chi connectivity index (χ1n) is 10.9. The monoisotopic (exact) mass is 542 g/mol. The Labute approximate surface area is 202 Å². The molecule has 2 aromatic rings. The minimum absolute atomic E-state index is 0. The number of aromatic nitrogens is 3. The van der Waals surface area contributed by atoms with E-state index in [1.165, 1.54) is 12.8 Å². The molecule has 0 saturated heterocycles. The third kappa shape index (κ3) is 7.64. The van der Waals surface area contributed by atoms with Gasteiger partial charge >= 0.3 is 0 Å². The number of ether oxygens (including phenoxy) is 2. The highest BCUT2D eigenvalue weighted by Crippen LogP contribution is 2.21. The fourth-order valence-electron chi connectivity index (χ4n) is 3.45. The molecule has 0 bridgehead atoms. The number of fused-ring (bicyclic) bond motifs is 1. The molecule has 0 fully saturated rings. The van der Waals surface area contributed by atoms with Gasteiger partial charge in [0, 0.05) is 31.7 Å². The number of guanidine groups is 1. The van der Waals surface area contributed by atoms with E-state index < -0.39 is 0 Å². The van der Waals surface area contributed by atoms with Gasteiger partial charge in [-0.05, 0) is 45.2 Å². The first-order valence-corrected chi connectivity index (χ1v) is 10.9. The number of hydrogen-bond acceptors (Lipinski definition) is 5. The molecule has 8 nitrogen and oxygen atoms in total. The first-order chi connectivity index (χ1) is 14.7. The Morgan fingerprint density at radius 2 is 2.03 bits per heavy atom. The highest BCUT2D eigenvalue weighted by molar-refractivity contribution is 14.0. The molecule has 1 aliphatic rings. The number of aliphatic imine (C=N–C) groups is 1. The summed E-state index contributed by atoms with van der Waals surface area (Å²) < 4.78 is 13.5. The van der Waals surface area contributed by atoms with Crippen LogP contribution in [0.5, 0.6) is 5.75 Å². The zero-order valence-corrected chi connectivity index (χ0v) is 21.1. The van der Waals surface area contributed by atoms with E-state index in [4.69, 9.17) is 14.5 Å². The van der Waals surface area contributed by atoms with Crippen molar-refractivity contribution in [2.45, 2.75) is 59.7 Å². The van der Waals surface area contributed by atoms with E-state index in [-0.39, 0.29) is 24.0 Å². The second-order valence-corrected chi connectivity index (χ2v) is 7.35. The van der Waals surface area contributed by atoms with Gasteiger partial charge in [0.15, 0.2) is 11.8 Å². The summed E-state index contributed by atoms with van der Waals surface area (Å²) in [7, 11) is 0. The lowest BCUT2D eigenvalue weighted by molar-refractivity contribution is 0.110. The summed E-state index contributed by atoms with van der Waals surface area (Å²) in [5, 5.41) is 15.4. The van der Waals surface area contributed by atoms with Gasteiger partial charge in [-0.25, -0.2) is 4.99 Å². The molecule has 1 aliphatic heterocycles. The molecule has 3 rings (SSSR count). The standard InChI is InChI=1S/C22H34N6O2.HI/c1-4-23-22(25-16-21-27-26-20-8-6-7-11-28(20)21)24-15-18-10-9-17(3)14-19(18)30-13-12-29-5-2;/h9-10,14H,4-8,11-13,15-16H2,1-3H3,(H2,23,24,25);1H. The van der Waals surface area contributed by atoms with Crippen LogP contribution in [0.25, 0.3) is 0 Å². The predicted octanol–water partition coefficient (Wildman–Crippen LogP) is 3.21. The van der Waals surface area contributed by atoms with Crippen LogP contribution < -0.4 is 15.4 Å². The van der Waals surface area contributed by atoms with Crippen LogP contribution in [0.4, 0.5) is 0 Å². The molecule has 31 heavy (non-hydrogen) atoms. The van der Waals surface area contributed by atoms with E-state index in [0.29, 0.717) is 32.9 Å². The molecule has 0 unspecified atom stereocenters. The number of hydrogen-bond donors (Lipinski definition) is 2. The average molecular weight is 542 g/mol. The van der Waals surface area contributed by atoms with Crippen molar-refractivity contribution in [3.05, 3.63) is 41.0 Å². The number of rotatable bonds is 10. The topological polar surface area (TPSA) is 85.6 Å². The number of nitrogens with one attached hydrogen (secondary N) is 2. The summed E-state index contributed by atoms with van der Waals surface area (Å²) in [4.78, 5) is 4.76. The van der Waals surface area contributed by atoms with Crippen molar-refractivity contribution in [2.24, 2.45) is 4.99 Å². The Morgan fingerprint density at radius 3 is 2.84 bits per heavy atom. The third-order valence-corrected chi connectivity index (χ3v) is 5.01. The van der Waals surface area contributed by atoms with Gasteiger partial charge in [0.25, 0.3) is 0 Å². The van der Waals surface area contributed by atoms with Gasteiger partial charge in [-0.3, -0.25) is 0 Å². The summed E-state index contributed by atoms with van der Waals surface area (Å²) in [6, 6.07) is 6.22. The summed E-state index contributed by atoms with van der Waals surface area (Å²) in [5.41, 5.74) is 2.21. The lowest BCUT2D eigenvalue weighted by Gasteiger charge is -2.16. The smallest absolute Gasteiger partial charge is 0.191 e. The lowest BCUT2D eigenvalue weighted by atomic mass is 10.1. The lowest BCUT2D eigenvalue weighted by Crippen LogP contribution is -2.37. The van der Waals surface area contributed by atoms with Gasteiger partial charge < -0.3 is 24.7 Å². The van der Waals surface area contributed by atoms with Gasteiger partial charge in [-0.1, -0.05) is 12.1 Å². The minimum Gasteiger partial charge on any atom is -0.491 e. The van der Waals surface area contributed by atoms with Gasteiger partial charge in [0.05, 0.1) is 19.7 Å². The van der Waals surface area contributed by atoms with Crippen LogP contribution >= 0.6 is 24.0 Å². The van der Waals surface area contributed by atoms with Gasteiger partial charge in [-0.2, -0.15) is 0 Å². The van der Waals surface area contributed by atoms with Crippen LogP contribution in [0, 0.1) is 6.92 Å². The Hall–Kier alpha value is -1.88. The number of benzene rings is 1. The molecule has 0 saturated carbocycles. The molecule has 0 spiro atoms. The Balaban J connectivity index is 0.00000341. The maximum Gasteiger partial charge on any atom is 0.191 e. The van der Waals surface area contributed by atoms with Crippen molar-refractivity contribution in [2.75, 3.05) is 26.4 Å². The van der Waals surface area contributed by atoms with Gasteiger partial charge in [0.2, 0.25) is 0 Å². The largest absolute Gasteiger partial charge is 0.491 e. The van der Waals surface area contributed by atoms with Crippen LogP contribution in [0.2, 0.25) is 0 Å². The maximum absolute atomic E-state index is 5.94. The number of aryl methyl sites for hydroxylation is 2. The Morgan fingerprint density at radius 1 is 1.16 bits per heavy atom. The second-order valence-electron chi connectivity index (χ2n) is 7.35. The Bertz CT molecular complexity index is 839. The first kappa shape index (κ1) is 25.4. The summed E-state index contributed by atoms with van der Waals surface area (Å²) in [6.07, 6.45) is 3.40. The third-order valence-electron chi connectivity index (χ3n) is 5.01. The molecular weight excluding hydrogens is 507 g/mol. The molecule has 2 N–H and O–H groups in total. The minimum atomic E-state index is 0. The average Bonchev–Trinajstić information content (AvgIpc) is 3.17. The van der Waals surface area contributed by atoms with Gasteiger partial charge in [0.1, 0.15) is 18.2 Å². The van der Waals surface area contributed by atoms with E-state index in [1.807, 2.05) is 6.92 Å². The van der Waals surface area contributed by atoms with Crippen molar-refractivity contribution in [3.63, 3.8) is 0 Å². The van der Waals surface area contributed by atoms with Crippen molar-refractivity contribution in [3.8, 4) is 5.75 Å². The molecule has 1 aromatic carbocycles. The van der Waals surface area contributed by atoms with E-state index in [2.05, 4.69) is 57.4 Å². The maximum atomic E-state index is 5.94. The quantitative estimate of drug-likeness (QED) is 0.208. The molecule has 172 valence electrons. The van der Waals surface area contributed by atoms with Crippen LogP contribution in [-0.4, -0.2) is 47.1 Å². The van der Waals surface area contributed by atoms with Crippen LogP contribution in [0.3, 0.4) is 0 Å². The van der Waals surface area contributed by atoms with E-state index in [0.717, 1.165) is 54.0 Å². The molecule has 2 heterocycles. The molecule has 0 amide bonds. The fraction of sp³-hybridized carbons (Fsp3) is 0.591. The predicted molar refractivity (Wildman–Crippen MR) is 133 cm³/mol. The second kappa shape index (κ2) is 13.5. The summed E-state index contributed by atoms with van der Waals surface area (Å²) in [6.45, 7) is 10.8. The molecule has 0 atom stereocenters. The van der Waals surface area contributed by atoms with Crippen LogP contribution in [0.15, 0.2) is 23.2 Å². The molecule has 0 aliphatic carbocycles. The number of halogens is 1. The molecule has 9 heteroatoms. The van der Waals surface area contributed by atoms with E-state index in [9.17, 15) is 0 Å². The van der Waals surface area contributed by atoms with Gasteiger partial charge in [-0.15, -0.1) is 34.2 Å². The van der Waals surface area contributed by atoms with Crippen molar-refractivity contribution < 1.29 is 9.47 Å². The zero-order chi connectivity index (χ0) is 21.2. The Kier molecular flexibility index (Phi) is 11.1. The van der Waals surface area contributed by atoms with Crippen molar-refractivity contribution in [1.82, 2.24) is 25.4 Å². The summed E-state index contributed by atoms with van der Waals surface area (Å²) in [5.74, 6) is 3.67.